The van der Waals surface area contributed by atoms with E-state index < -0.39 is 5.97 Å². The van der Waals surface area contributed by atoms with E-state index in [1.807, 2.05) is 0 Å². The summed E-state index contributed by atoms with van der Waals surface area (Å²) in [6.45, 7) is 7.77. The van der Waals surface area contributed by atoms with E-state index in [4.69, 9.17) is 5.11 Å². The molecule has 2 aliphatic heterocycles. The molecule has 2 unspecified atom stereocenters. The highest BCUT2D eigenvalue weighted by Crippen LogP contribution is 2.24. The quantitative estimate of drug-likeness (QED) is 0.786. The van der Waals surface area contributed by atoms with Crippen molar-refractivity contribution in [3.8, 4) is 0 Å². The Morgan fingerprint density at radius 3 is 2.53 bits per heavy atom. The lowest BCUT2D eigenvalue weighted by Gasteiger charge is -2.24. The van der Waals surface area contributed by atoms with Gasteiger partial charge < -0.3 is 10.0 Å². The number of hydrogen-bond acceptors (Lipinski definition) is 3. The fraction of sp³-hybridized carbons (Fsp3) is 0.923. The fourth-order valence-electron chi connectivity index (χ4n) is 3.15. The van der Waals surface area contributed by atoms with E-state index in [1.54, 1.807) is 0 Å². The molecule has 4 heteroatoms. The summed E-state index contributed by atoms with van der Waals surface area (Å²) in [6.07, 6.45) is 4.69. The van der Waals surface area contributed by atoms with Crippen molar-refractivity contribution in [3.05, 3.63) is 0 Å². The highest BCUT2D eigenvalue weighted by molar-refractivity contribution is 5.71. The molecule has 0 aromatic rings. The molecule has 0 radical (unpaired) electrons. The smallest absolute Gasteiger partial charge is 0.308 e. The maximum absolute atomic E-state index is 11.0. The summed E-state index contributed by atoms with van der Waals surface area (Å²) in [6, 6.07) is 0.214. The molecule has 0 bridgehead atoms. The lowest BCUT2D eigenvalue weighted by Crippen LogP contribution is -2.35. The van der Waals surface area contributed by atoms with Gasteiger partial charge in [0.1, 0.15) is 0 Å². The first kappa shape index (κ1) is 12.8. The second-order valence-electron chi connectivity index (χ2n) is 5.41. The third-order valence-electron chi connectivity index (χ3n) is 4.32. The molecule has 1 N–H and O–H groups in total. The second kappa shape index (κ2) is 5.83. The van der Waals surface area contributed by atoms with Crippen LogP contribution in [-0.4, -0.2) is 59.6 Å². The van der Waals surface area contributed by atoms with Gasteiger partial charge in [-0.05, 0) is 65.3 Å². The molecule has 0 aromatic carbocycles. The number of carbonyl (C=O) groups is 1. The minimum atomic E-state index is -0.625. The van der Waals surface area contributed by atoms with Gasteiger partial charge in [-0.2, -0.15) is 0 Å². The zero-order chi connectivity index (χ0) is 12.3. The Morgan fingerprint density at radius 1 is 1.24 bits per heavy atom. The zero-order valence-electron chi connectivity index (χ0n) is 10.8. The summed E-state index contributed by atoms with van der Waals surface area (Å²) in [4.78, 5) is 15.9. The molecule has 0 saturated carbocycles. The molecule has 0 aromatic heterocycles. The van der Waals surface area contributed by atoms with Crippen LogP contribution >= 0.6 is 0 Å². The predicted molar refractivity (Wildman–Crippen MR) is 67.1 cm³/mol. The predicted octanol–water partition coefficient (Wildman–Crippen LogP) is 1.27. The number of nitrogens with zero attached hydrogens (tertiary/aromatic N) is 2. The molecule has 2 aliphatic rings. The van der Waals surface area contributed by atoms with Gasteiger partial charge in [-0.15, -0.1) is 0 Å². The highest BCUT2D eigenvalue weighted by Gasteiger charge is 2.34. The van der Waals surface area contributed by atoms with E-state index in [2.05, 4.69) is 16.7 Å². The van der Waals surface area contributed by atoms with Gasteiger partial charge in [0.2, 0.25) is 0 Å². The molecule has 0 aliphatic carbocycles. The number of hydrogen-bond donors (Lipinski definition) is 1. The third-order valence-corrected chi connectivity index (χ3v) is 4.32. The zero-order valence-corrected chi connectivity index (χ0v) is 10.8. The first-order valence-corrected chi connectivity index (χ1v) is 6.87. The van der Waals surface area contributed by atoms with Crippen LogP contribution in [0.3, 0.4) is 0 Å². The molecule has 2 fully saturated rings. The Balaban J connectivity index is 1.67. The Hall–Kier alpha value is -0.610. The van der Waals surface area contributed by atoms with Crippen LogP contribution in [0.15, 0.2) is 0 Å². The number of carboxylic acid groups (broad SMARTS) is 1. The second-order valence-corrected chi connectivity index (χ2v) is 5.41. The third kappa shape index (κ3) is 3.19. The van der Waals surface area contributed by atoms with Crippen molar-refractivity contribution in [2.45, 2.75) is 38.6 Å². The standard InChI is InChI=1S/C13H24N2O2/c1-11-12(13(16)17)5-10-15(11)9-4-8-14-6-2-3-7-14/h11-12H,2-10H2,1H3,(H,16,17). The monoisotopic (exact) mass is 240 g/mol. The Kier molecular flexibility index (Phi) is 4.40. The molecule has 2 heterocycles. The van der Waals surface area contributed by atoms with Crippen LogP contribution in [-0.2, 0) is 4.79 Å². The topological polar surface area (TPSA) is 43.8 Å². The van der Waals surface area contributed by atoms with Crippen LogP contribution in [0.4, 0.5) is 0 Å². The molecule has 2 rings (SSSR count). The molecule has 17 heavy (non-hydrogen) atoms. The van der Waals surface area contributed by atoms with Crippen molar-refractivity contribution in [2.24, 2.45) is 5.92 Å². The van der Waals surface area contributed by atoms with E-state index in [-0.39, 0.29) is 12.0 Å². The molecule has 2 saturated heterocycles. The van der Waals surface area contributed by atoms with Gasteiger partial charge in [-0.25, -0.2) is 0 Å². The lowest BCUT2D eigenvalue weighted by molar-refractivity contribution is -0.142. The molecule has 0 spiro atoms. The summed E-state index contributed by atoms with van der Waals surface area (Å²) < 4.78 is 0. The number of carboxylic acids is 1. The highest BCUT2D eigenvalue weighted by atomic mass is 16.4. The van der Waals surface area contributed by atoms with Gasteiger partial charge >= 0.3 is 5.97 Å². The van der Waals surface area contributed by atoms with Gasteiger partial charge in [-0.3, -0.25) is 9.69 Å². The van der Waals surface area contributed by atoms with Crippen LogP contribution < -0.4 is 0 Å². The molecular formula is C13H24N2O2. The van der Waals surface area contributed by atoms with E-state index in [0.29, 0.717) is 0 Å². The van der Waals surface area contributed by atoms with Crippen molar-refractivity contribution in [1.29, 1.82) is 0 Å². The SMILES string of the molecule is CC1C(C(=O)O)CCN1CCCN1CCCC1. The molecule has 0 amide bonds. The average Bonchev–Trinajstić information content (AvgIpc) is 2.89. The minimum Gasteiger partial charge on any atom is -0.481 e. The van der Waals surface area contributed by atoms with Crippen molar-refractivity contribution in [3.63, 3.8) is 0 Å². The maximum atomic E-state index is 11.0. The minimum absolute atomic E-state index is 0.151. The summed E-state index contributed by atoms with van der Waals surface area (Å²) in [5, 5.41) is 9.06. The molecule has 98 valence electrons. The van der Waals surface area contributed by atoms with Crippen LogP contribution in [0.25, 0.3) is 0 Å². The molecular weight excluding hydrogens is 216 g/mol. The average molecular weight is 240 g/mol. The van der Waals surface area contributed by atoms with Crippen molar-refractivity contribution < 1.29 is 9.90 Å². The van der Waals surface area contributed by atoms with Crippen molar-refractivity contribution in [1.82, 2.24) is 9.80 Å². The molecule has 2 atom stereocenters. The van der Waals surface area contributed by atoms with E-state index in [0.717, 1.165) is 19.5 Å². The lowest BCUT2D eigenvalue weighted by atomic mass is 10.0. The normalized spacial score (nSPS) is 31.1. The summed E-state index contributed by atoms with van der Waals surface area (Å²) >= 11 is 0. The van der Waals surface area contributed by atoms with Crippen LogP contribution in [0, 0.1) is 5.92 Å². The fourth-order valence-corrected chi connectivity index (χ4v) is 3.15. The number of rotatable bonds is 5. The summed E-state index contributed by atoms with van der Waals surface area (Å²) in [5.74, 6) is -0.777. The van der Waals surface area contributed by atoms with E-state index >= 15 is 0 Å². The van der Waals surface area contributed by atoms with Crippen molar-refractivity contribution in [2.75, 3.05) is 32.7 Å². The van der Waals surface area contributed by atoms with Crippen molar-refractivity contribution >= 4 is 5.97 Å². The van der Waals surface area contributed by atoms with Crippen LogP contribution in [0.1, 0.15) is 32.6 Å². The summed E-state index contributed by atoms with van der Waals surface area (Å²) in [7, 11) is 0. The Morgan fingerprint density at radius 2 is 1.94 bits per heavy atom. The van der Waals surface area contributed by atoms with E-state index in [1.165, 1.54) is 38.9 Å². The van der Waals surface area contributed by atoms with Gasteiger partial charge in [0.05, 0.1) is 5.92 Å². The number of aliphatic carboxylic acids is 1. The summed E-state index contributed by atoms with van der Waals surface area (Å²) in [5.41, 5.74) is 0. The van der Waals surface area contributed by atoms with E-state index in [9.17, 15) is 4.79 Å². The molecule has 4 nitrogen and oxygen atoms in total. The van der Waals surface area contributed by atoms with Gasteiger partial charge in [0, 0.05) is 6.04 Å². The Bertz CT molecular complexity index is 264. The van der Waals surface area contributed by atoms with Gasteiger partial charge in [0.15, 0.2) is 0 Å². The first-order valence-electron chi connectivity index (χ1n) is 6.87. The van der Waals surface area contributed by atoms with Gasteiger partial charge in [-0.1, -0.05) is 0 Å². The van der Waals surface area contributed by atoms with Gasteiger partial charge in [0.25, 0.3) is 0 Å². The number of likely N-dealkylation sites (tertiary alicyclic amines) is 2. The van der Waals surface area contributed by atoms with Crippen LogP contribution in [0.5, 0.6) is 0 Å². The largest absolute Gasteiger partial charge is 0.481 e. The first-order chi connectivity index (χ1) is 8.18. The van der Waals surface area contributed by atoms with Crippen LogP contribution in [0.2, 0.25) is 0 Å². The Labute approximate surface area is 104 Å². The maximum Gasteiger partial charge on any atom is 0.308 e.